The summed E-state index contributed by atoms with van der Waals surface area (Å²) >= 11 is 0. The van der Waals surface area contributed by atoms with Gasteiger partial charge in [-0.15, -0.1) is 0 Å². The quantitative estimate of drug-likeness (QED) is 0.699. The molecule has 14 heavy (non-hydrogen) atoms. The molecule has 1 saturated carbocycles. The number of carbonyl (C=O) groups is 2. The lowest BCUT2D eigenvalue weighted by molar-refractivity contribution is -0.132. The molecule has 0 aliphatic heterocycles. The van der Waals surface area contributed by atoms with E-state index in [0.717, 1.165) is 12.8 Å². The molecule has 1 aliphatic rings. The zero-order valence-electron chi connectivity index (χ0n) is 9.01. The number of carbonyl (C=O) groups excluding carboxylic acids is 2. The van der Waals surface area contributed by atoms with Crippen molar-refractivity contribution >= 4 is 11.7 Å². The average molecular weight is 197 g/mol. The number of nitrogens with one attached hydrogen (secondary N) is 1. The molecule has 0 heterocycles. The van der Waals surface area contributed by atoms with Crippen molar-refractivity contribution < 1.29 is 9.59 Å². The summed E-state index contributed by atoms with van der Waals surface area (Å²) in [6.45, 7) is 3.13. The number of hydrogen-bond donors (Lipinski definition) is 1. The first-order valence-corrected chi connectivity index (χ1v) is 5.42. The lowest BCUT2D eigenvalue weighted by Crippen LogP contribution is -2.40. The summed E-state index contributed by atoms with van der Waals surface area (Å²) in [7, 11) is 0. The second-order valence-electron chi connectivity index (χ2n) is 4.18. The molecule has 1 N–H and O–H groups in total. The number of amides is 1. The Hall–Kier alpha value is -0.860. The van der Waals surface area contributed by atoms with E-state index < -0.39 is 5.92 Å². The molecular formula is C11H19NO2. The minimum absolute atomic E-state index is 0.0571. The highest BCUT2D eigenvalue weighted by Crippen LogP contribution is 2.17. The summed E-state index contributed by atoms with van der Waals surface area (Å²) in [5.74, 6) is -0.653. The van der Waals surface area contributed by atoms with Crippen LogP contribution in [-0.2, 0) is 9.59 Å². The van der Waals surface area contributed by atoms with Gasteiger partial charge in [0.15, 0.2) is 0 Å². The molecule has 1 aliphatic carbocycles. The van der Waals surface area contributed by atoms with Crippen LogP contribution in [0, 0.1) is 5.92 Å². The van der Waals surface area contributed by atoms with Crippen molar-refractivity contribution in [3.8, 4) is 0 Å². The molecule has 0 aromatic heterocycles. The topological polar surface area (TPSA) is 46.2 Å². The third-order valence-corrected chi connectivity index (χ3v) is 2.95. The molecule has 1 unspecified atom stereocenters. The molecule has 1 rings (SSSR count). The van der Waals surface area contributed by atoms with Crippen LogP contribution in [0.2, 0.25) is 0 Å². The largest absolute Gasteiger partial charge is 0.353 e. The fraction of sp³-hybridized carbons (Fsp3) is 0.818. The lowest BCUT2D eigenvalue weighted by atomic mass is 9.94. The lowest BCUT2D eigenvalue weighted by Gasteiger charge is -2.23. The van der Waals surface area contributed by atoms with E-state index >= 15 is 0 Å². The molecular weight excluding hydrogens is 178 g/mol. The van der Waals surface area contributed by atoms with E-state index in [2.05, 4.69) is 5.32 Å². The van der Waals surface area contributed by atoms with Crippen molar-refractivity contribution in [3.05, 3.63) is 0 Å². The Morgan fingerprint density at radius 2 is 1.79 bits per heavy atom. The van der Waals surface area contributed by atoms with Gasteiger partial charge in [0.2, 0.25) is 5.91 Å². The molecule has 3 heteroatoms. The van der Waals surface area contributed by atoms with Gasteiger partial charge in [0.1, 0.15) is 5.78 Å². The molecule has 0 spiro atoms. The normalized spacial score (nSPS) is 20.1. The van der Waals surface area contributed by atoms with Crippen LogP contribution in [0.25, 0.3) is 0 Å². The Labute approximate surface area is 85.3 Å². The smallest absolute Gasteiger partial charge is 0.230 e. The molecule has 1 amide bonds. The van der Waals surface area contributed by atoms with Gasteiger partial charge in [0.05, 0.1) is 5.92 Å². The Kier molecular flexibility index (Phi) is 4.11. The maximum atomic E-state index is 11.5. The average Bonchev–Trinajstić information content (AvgIpc) is 2.18. The Balaban J connectivity index is 2.35. The van der Waals surface area contributed by atoms with Gasteiger partial charge in [-0.1, -0.05) is 19.3 Å². The van der Waals surface area contributed by atoms with Crippen LogP contribution >= 0.6 is 0 Å². The number of rotatable bonds is 3. The van der Waals surface area contributed by atoms with Crippen molar-refractivity contribution in [3.63, 3.8) is 0 Å². The molecule has 0 aromatic rings. The van der Waals surface area contributed by atoms with Gasteiger partial charge >= 0.3 is 0 Å². The maximum Gasteiger partial charge on any atom is 0.230 e. The van der Waals surface area contributed by atoms with E-state index in [0.29, 0.717) is 6.04 Å². The summed E-state index contributed by atoms with van der Waals surface area (Å²) in [6.07, 6.45) is 5.79. The second kappa shape index (κ2) is 5.13. The predicted octanol–water partition coefficient (Wildman–Crippen LogP) is 1.66. The SMILES string of the molecule is CC(=O)C(C)C(=O)NC1CCCCC1. The Morgan fingerprint density at radius 3 is 2.29 bits per heavy atom. The van der Waals surface area contributed by atoms with Crippen LogP contribution < -0.4 is 5.32 Å². The zero-order valence-corrected chi connectivity index (χ0v) is 9.01. The van der Waals surface area contributed by atoms with Gasteiger partial charge in [-0.2, -0.15) is 0 Å². The van der Waals surface area contributed by atoms with E-state index in [-0.39, 0.29) is 11.7 Å². The summed E-state index contributed by atoms with van der Waals surface area (Å²) in [5, 5.41) is 2.94. The van der Waals surface area contributed by atoms with Gasteiger partial charge in [-0.05, 0) is 26.7 Å². The van der Waals surface area contributed by atoms with E-state index in [1.165, 1.54) is 26.2 Å². The fourth-order valence-electron chi connectivity index (χ4n) is 1.76. The van der Waals surface area contributed by atoms with Crippen LogP contribution in [-0.4, -0.2) is 17.7 Å². The van der Waals surface area contributed by atoms with E-state index in [4.69, 9.17) is 0 Å². The van der Waals surface area contributed by atoms with Crippen molar-refractivity contribution in [2.75, 3.05) is 0 Å². The molecule has 0 radical (unpaired) electrons. The molecule has 1 fully saturated rings. The highest BCUT2D eigenvalue weighted by molar-refractivity contribution is 5.99. The van der Waals surface area contributed by atoms with Crippen LogP contribution in [0.15, 0.2) is 0 Å². The first kappa shape index (κ1) is 11.2. The van der Waals surface area contributed by atoms with Gasteiger partial charge in [0, 0.05) is 6.04 Å². The molecule has 0 bridgehead atoms. The molecule has 0 aromatic carbocycles. The first-order chi connectivity index (χ1) is 6.61. The van der Waals surface area contributed by atoms with Gasteiger partial charge in [-0.3, -0.25) is 9.59 Å². The number of hydrogen-bond acceptors (Lipinski definition) is 2. The van der Waals surface area contributed by atoms with Crippen LogP contribution in [0.5, 0.6) is 0 Å². The van der Waals surface area contributed by atoms with Crippen molar-refractivity contribution in [2.24, 2.45) is 5.92 Å². The summed E-state index contributed by atoms with van der Waals surface area (Å²) in [5.41, 5.74) is 0. The van der Waals surface area contributed by atoms with Crippen LogP contribution in [0.1, 0.15) is 46.0 Å². The molecule has 80 valence electrons. The monoisotopic (exact) mass is 197 g/mol. The van der Waals surface area contributed by atoms with Gasteiger partial charge in [-0.25, -0.2) is 0 Å². The summed E-state index contributed by atoms with van der Waals surface area (Å²) in [6, 6.07) is 0.304. The Bertz CT molecular complexity index is 219. The maximum absolute atomic E-state index is 11.5. The van der Waals surface area contributed by atoms with Crippen molar-refractivity contribution in [1.82, 2.24) is 5.32 Å². The molecule has 0 saturated heterocycles. The van der Waals surface area contributed by atoms with Gasteiger partial charge in [0.25, 0.3) is 0 Å². The van der Waals surface area contributed by atoms with E-state index in [1.807, 2.05) is 0 Å². The van der Waals surface area contributed by atoms with E-state index in [9.17, 15) is 9.59 Å². The zero-order chi connectivity index (χ0) is 10.6. The second-order valence-corrected chi connectivity index (χ2v) is 4.18. The predicted molar refractivity (Wildman–Crippen MR) is 54.9 cm³/mol. The van der Waals surface area contributed by atoms with Gasteiger partial charge < -0.3 is 5.32 Å². The number of ketones is 1. The molecule has 1 atom stereocenters. The highest BCUT2D eigenvalue weighted by Gasteiger charge is 2.21. The van der Waals surface area contributed by atoms with Crippen LogP contribution in [0.4, 0.5) is 0 Å². The van der Waals surface area contributed by atoms with E-state index in [1.54, 1.807) is 6.92 Å². The highest BCUT2D eigenvalue weighted by atomic mass is 16.2. The first-order valence-electron chi connectivity index (χ1n) is 5.42. The third-order valence-electron chi connectivity index (χ3n) is 2.95. The summed E-state index contributed by atoms with van der Waals surface area (Å²) in [4.78, 5) is 22.5. The fourth-order valence-corrected chi connectivity index (χ4v) is 1.76. The van der Waals surface area contributed by atoms with Crippen LogP contribution in [0.3, 0.4) is 0 Å². The Morgan fingerprint density at radius 1 is 1.21 bits per heavy atom. The minimum Gasteiger partial charge on any atom is -0.353 e. The summed E-state index contributed by atoms with van der Waals surface area (Å²) < 4.78 is 0. The standard InChI is InChI=1S/C11H19NO2/c1-8(9(2)13)11(14)12-10-6-4-3-5-7-10/h8,10H,3-7H2,1-2H3,(H,12,14). The van der Waals surface area contributed by atoms with Crippen molar-refractivity contribution in [1.29, 1.82) is 0 Å². The number of Topliss-reactive ketones (excluding diaryl/α,β-unsaturated/α-hetero) is 1. The molecule has 3 nitrogen and oxygen atoms in total. The minimum atomic E-state index is -0.489. The third kappa shape index (κ3) is 3.13. The van der Waals surface area contributed by atoms with Crippen molar-refractivity contribution in [2.45, 2.75) is 52.0 Å².